The minimum absolute atomic E-state index is 0.0694. The van der Waals surface area contributed by atoms with Crippen LogP contribution in [0.15, 0.2) is 55.0 Å². The van der Waals surface area contributed by atoms with Gasteiger partial charge in [-0.2, -0.15) is 0 Å². The Hall–Kier alpha value is -4.12. The average molecular weight is 446 g/mol. The molecular formula is C25H20F2N4O2. The number of carbonyl (C=O) groups excluding carboxylic acids is 2. The van der Waals surface area contributed by atoms with Gasteiger partial charge < -0.3 is 4.90 Å². The van der Waals surface area contributed by atoms with E-state index in [1.54, 1.807) is 50.5 Å². The summed E-state index contributed by atoms with van der Waals surface area (Å²) in [5, 5.41) is 0. The fourth-order valence-electron chi connectivity index (χ4n) is 3.79. The van der Waals surface area contributed by atoms with Crippen molar-refractivity contribution in [1.82, 2.24) is 14.9 Å². The topological polar surface area (TPSA) is 66.4 Å². The summed E-state index contributed by atoms with van der Waals surface area (Å²) in [5.41, 5.74) is 0.388. The van der Waals surface area contributed by atoms with Crippen molar-refractivity contribution >= 4 is 17.6 Å². The lowest BCUT2D eigenvalue weighted by atomic mass is 9.85. The molecule has 1 fully saturated rings. The number of pyridine rings is 2. The van der Waals surface area contributed by atoms with Crippen LogP contribution in [-0.4, -0.2) is 33.9 Å². The van der Waals surface area contributed by atoms with E-state index in [1.807, 2.05) is 0 Å². The molecule has 1 aliphatic heterocycles. The van der Waals surface area contributed by atoms with Gasteiger partial charge in [0.15, 0.2) is 11.6 Å². The summed E-state index contributed by atoms with van der Waals surface area (Å²) in [6.07, 6.45) is 4.55. The van der Waals surface area contributed by atoms with Crippen LogP contribution in [-0.2, 0) is 10.3 Å². The van der Waals surface area contributed by atoms with Crippen LogP contribution in [0.1, 0.15) is 35.7 Å². The molecule has 0 unspecified atom stereocenters. The zero-order valence-corrected chi connectivity index (χ0v) is 18.3. The first-order valence-electron chi connectivity index (χ1n) is 10.2. The van der Waals surface area contributed by atoms with Crippen LogP contribution >= 0.6 is 0 Å². The molecule has 1 aliphatic rings. The van der Waals surface area contributed by atoms with E-state index in [2.05, 4.69) is 21.8 Å². The highest BCUT2D eigenvalue weighted by Crippen LogP contribution is 2.39. The van der Waals surface area contributed by atoms with Gasteiger partial charge in [-0.25, -0.2) is 18.5 Å². The first kappa shape index (κ1) is 22.1. The molecule has 8 heteroatoms. The van der Waals surface area contributed by atoms with Gasteiger partial charge in [0.25, 0.3) is 0 Å². The number of hydrogen-bond donors (Lipinski definition) is 0. The van der Waals surface area contributed by atoms with Gasteiger partial charge in [0.1, 0.15) is 5.69 Å². The van der Waals surface area contributed by atoms with E-state index >= 15 is 0 Å². The van der Waals surface area contributed by atoms with E-state index < -0.39 is 34.8 Å². The maximum Gasteiger partial charge on any atom is 0.332 e. The molecule has 2 aromatic heterocycles. The van der Waals surface area contributed by atoms with Gasteiger partial charge in [0.05, 0.1) is 12.0 Å². The quantitative estimate of drug-likeness (QED) is 0.555. The first-order valence-corrected chi connectivity index (χ1v) is 10.2. The van der Waals surface area contributed by atoms with Crippen LogP contribution in [0, 0.1) is 30.4 Å². The SMILES string of the molecule is Cc1cc([C@]2(C)CC(=O)N(c3c(F)cc(C#Cc4cccnc4)cc3F)C(=O)N2C)ccn1. The molecule has 6 nitrogen and oxygen atoms in total. The van der Waals surface area contributed by atoms with Crippen molar-refractivity contribution in [3.05, 3.63) is 89.0 Å². The summed E-state index contributed by atoms with van der Waals surface area (Å²) in [7, 11) is 1.50. The summed E-state index contributed by atoms with van der Waals surface area (Å²) < 4.78 is 29.9. The Kier molecular flexibility index (Phi) is 5.64. The van der Waals surface area contributed by atoms with Gasteiger partial charge >= 0.3 is 6.03 Å². The van der Waals surface area contributed by atoms with Gasteiger partial charge in [-0.05, 0) is 55.8 Å². The molecule has 0 radical (unpaired) electrons. The van der Waals surface area contributed by atoms with Crippen LogP contribution in [0.25, 0.3) is 0 Å². The monoisotopic (exact) mass is 446 g/mol. The predicted octanol–water partition coefficient (Wildman–Crippen LogP) is 4.17. The number of halogens is 2. The van der Waals surface area contributed by atoms with Crippen molar-refractivity contribution in [1.29, 1.82) is 0 Å². The molecule has 3 heterocycles. The van der Waals surface area contributed by atoms with Crippen LogP contribution < -0.4 is 4.90 Å². The zero-order valence-electron chi connectivity index (χ0n) is 18.3. The summed E-state index contributed by atoms with van der Waals surface area (Å²) in [6, 6.07) is 8.09. The number of hydrogen-bond acceptors (Lipinski definition) is 4. The lowest BCUT2D eigenvalue weighted by Gasteiger charge is -2.45. The zero-order chi connectivity index (χ0) is 23.8. The van der Waals surface area contributed by atoms with Crippen molar-refractivity contribution in [3.8, 4) is 11.8 Å². The number of aryl methyl sites for hydroxylation is 1. The molecule has 3 aromatic rings. The van der Waals surface area contributed by atoms with Crippen LogP contribution in [0.4, 0.5) is 19.3 Å². The second kappa shape index (κ2) is 8.43. The predicted molar refractivity (Wildman–Crippen MR) is 118 cm³/mol. The highest BCUT2D eigenvalue weighted by atomic mass is 19.1. The number of amides is 3. The maximum absolute atomic E-state index is 15.0. The normalized spacial score (nSPS) is 18.2. The number of carbonyl (C=O) groups is 2. The molecule has 1 saturated heterocycles. The highest BCUT2D eigenvalue weighted by Gasteiger charge is 2.47. The lowest BCUT2D eigenvalue weighted by molar-refractivity contribution is -0.122. The molecule has 0 spiro atoms. The van der Waals surface area contributed by atoms with Crippen molar-refractivity contribution in [2.75, 3.05) is 11.9 Å². The number of rotatable bonds is 2. The highest BCUT2D eigenvalue weighted by molar-refractivity contribution is 6.16. The third-order valence-electron chi connectivity index (χ3n) is 5.74. The number of anilines is 1. The first-order chi connectivity index (χ1) is 15.7. The molecule has 1 aromatic carbocycles. The van der Waals surface area contributed by atoms with E-state index in [1.165, 1.54) is 18.1 Å². The van der Waals surface area contributed by atoms with Gasteiger partial charge in [0.2, 0.25) is 5.91 Å². The summed E-state index contributed by atoms with van der Waals surface area (Å²) in [5.74, 6) is 2.62. The molecule has 166 valence electrons. The van der Waals surface area contributed by atoms with Gasteiger partial charge in [-0.15, -0.1) is 0 Å². The number of urea groups is 1. The Morgan fingerprint density at radius 1 is 1.03 bits per heavy atom. The minimum atomic E-state index is -1.05. The number of aromatic nitrogens is 2. The van der Waals surface area contributed by atoms with Crippen molar-refractivity contribution in [3.63, 3.8) is 0 Å². The van der Waals surface area contributed by atoms with Gasteiger partial charge in [-0.3, -0.25) is 14.8 Å². The van der Waals surface area contributed by atoms with Gasteiger partial charge in [-0.1, -0.05) is 11.8 Å². The van der Waals surface area contributed by atoms with Gasteiger partial charge in [0, 0.05) is 42.5 Å². The molecule has 0 N–H and O–H groups in total. The third-order valence-corrected chi connectivity index (χ3v) is 5.74. The van der Waals surface area contributed by atoms with E-state index in [0.717, 1.165) is 17.8 Å². The van der Waals surface area contributed by atoms with E-state index in [9.17, 15) is 18.4 Å². The molecule has 33 heavy (non-hydrogen) atoms. The molecule has 0 bridgehead atoms. The Morgan fingerprint density at radius 2 is 1.73 bits per heavy atom. The van der Waals surface area contributed by atoms with E-state index in [4.69, 9.17) is 0 Å². The summed E-state index contributed by atoms with van der Waals surface area (Å²) in [6.45, 7) is 3.54. The van der Waals surface area contributed by atoms with Crippen LogP contribution in [0.5, 0.6) is 0 Å². The lowest BCUT2D eigenvalue weighted by Crippen LogP contribution is -2.60. The largest absolute Gasteiger partial charge is 0.332 e. The molecule has 3 amide bonds. The molecule has 4 rings (SSSR count). The van der Waals surface area contributed by atoms with E-state index in [0.29, 0.717) is 16.0 Å². The molecule has 0 saturated carbocycles. The second-order valence-electron chi connectivity index (χ2n) is 7.99. The Morgan fingerprint density at radius 3 is 2.36 bits per heavy atom. The van der Waals surface area contributed by atoms with Crippen molar-refractivity contribution < 1.29 is 18.4 Å². The number of nitrogens with zero attached hydrogens (tertiary/aromatic N) is 4. The number of imide groups is 1. The molecule has 1 atom stereocenters. The molecular weight excluding hydrogens is 426 g/mol. The Bertz CT molecular complexity index is 1290. The second-order valence-corrected chi connectivity index (χ2v) is 7.99. The Balaban J connectivity index is 1.68. The molecule has 0 aliphatic carbocycles. The maximum atomic E-state index is 15.0. The summed E-state index contributed by atoms with van der Waals surface area (Å²) in [4.78, 5) is 36.1. The standard InChI is InChI=1S/C25H20F2N4O2/c1-16-11-19(8-10-29-16)25(2)14-22(32)31(24(33)30(25)3)23-20(26)12-18(13-21(23)27)7-6-17-5-4-9-28-15-17/h4-5,8-13,15H,14H2,1-3H3/t25-/m0/s1. The van der Waals surface area contributed by atoms with E-state index in [-0.39, 0.29) is 12.0 Å². The third kappa shape index (κ3) is 4.05. The van der Waals surface area contributed by atoms with Crippen molar-refractivity contribution in [2.24, 2.45) is 0 Å². The summed E-state index contributed by atoms with van der Waals surface area (Å²) >= 11 is 0. The fourth-order valence-corrected chi connectivity index (χ4v) is 3.79. The average Bonchev–Trinajstić information content (AvgIpc) is 2.78. The van der Waals surface area contributed by atoms with Crippen LogP contribution in [0.3, 0.4) is 0 Å². The fraction of sp³-hybridized carbons (Fsp3) is 0.200. The van der Waals surface area contributed by atoms with Crippen molar-refractivity contribution in [2.45, 2.75) is 25.8 Å². The smallest absolute Gasteiger partial charge is 0.317 e. The minimum Gasteiger partial charge on any atom is -0.317 e. The Labute approximate surface area is 189 Å². The van der Waals surface area contributed by atoms with Crippen LogP contribution in [0.2, 0.25) is 0 Å². The number of benzene rings is 1.